The molecule has 0 radical (unpaired) electrons. The molecule has 0 aromatic heterocycles. The molecule has 0 saturated heterocycles. The highest BCUT2D eigenvalue weighted by Crippen LogP contribution is 2.48. The number of carboxylic acid groups (broad SMARTS) is 1. The summed E-state index contributed by atoms with van der Waals surface area (Å²) in [7, 11) is 0. The van der Waals surface area contributed by atoms with E-state index in [1.54, 1.807) is 44.2 Å². The number of nitriles is 2. The van der Waals surface area contributed by atoms with E-state index >= 15 is 0 Å². The van der Waals surface area contributed by atoms with E-state index in [1.807, 2.05) is 6.07 Å². The first kappa shape index (κ1) is 32.2. The zero-order chi connectivity index (χ0) is 32.2. The van der Waals surface area contributed by atoms with Gasteiger partial charge in [-0.2, -0.15) is 23.7 Å². The SMILES string of the molecule is CC(C)[C@H](N[C@@H](c1ccc(-c2ccc(C3(C(=O)O)CC3)cc2)cc1)C(F)(F)F)C(=O)NC(C#N)Cc1ccc(C#N)cc1F. The molecule has 3 atom stereocenters. The fraction of sp³-hybridized carbons (Fsp3) is 0.333. The summed E-state index contributed by atoms with van der Waals surface area (Å²) in [6.45, 7) is 3.13. The third kappa shape index (κ3) is 7.07. The van der Waals surface area contributed by atoms with Crippen LogP contribution in [0.5, 0.6) is 0 Å². The Labute approximate surface area is 252 Å². The molecule has 4 rings (SSSR count). The van der Waals surface area contributed by atoms with Gasteiger partial charge in [-0.05, 0) is 58.7 Å². The first-order valence-electron chi connectivity index (χ1n) is 13.9. The number of benzene rings is 3. The predicted molar refractivity (Wildman–Crippen MR) is 153 cm³/mol. The van der Waals surface area contributed by atoms with Gasteiger partial charge in [-0.25, -0.2) is 4.39 Å². The van der Waals surface area contributed by atoms with E-state index in [1.165, 1.54) is 36.4 Å². The number of carbonyl (C=O) groups excluding carboxylic acids is 1. The highest BCUT2D eigenvalue weighted by Gasteiger charge is 2.51. The Balaban J connectivity index is 1.49. The van der Waals surface area contributed by atoms with Crippen molar-refractivity contribution in [3.05, 3.63) is 94.8 Å². The van der Waals surface area contributed by atoms with Crippen LogP contribution < -0.4 is 10.6 Å². The summed E-state index contributed by atoms with van der Waals surface area (Å²) in [6, 6.07) is 15.1. The third-order valence-electron chi connectivity index (χ3n) is 7.88. The molecule has 1 fully saturated rings. The molecular formula is C33H30F4N4O3. The summed E-state index contributed by atoms with van der Waals surface area (Å²) in [5, 5.41) is 32.8. The Hall–Kier alpha value is -4.74. The number of aliphatic carboxylic acids is 1. The van der Waals surface area contributed by atoms with Crippen LogP contribution in [0.15, 0.2) is 66.7 Å². The summed E-state index contributed by atoms with van der Waals surface area (Å²) in [5.41, 5.74) is 1.19. The van der Waals surface area contributed by atoms with Crippen molar-refractivity contribution in [1.29, 1.82) is 10.5 Å². The van der Waals surface area contributed by atoms with Crippen LogP contribution in [-0.2, 0) is 21.4 Å². The number of alkyl halides is 3. The molecule has 0 aliphatic heterocycles. The fourth-order valence-corrected chi connectivity index (χ4v) is 5.12. The predicted octanol–water partition coefficient (Wildman–Crippen LogP) is 5.95. The van der Waals surface area contributed by atoms with Crippen LogP contribution in [0, 0.1) is 34.4 Å². The van der Waals surface area contributed by atoms with Gasteiger partial charge in [0.1, 0.15) is 17.9 Å². The number of hydrogen-bond acceptors (Lipinski definition) is 5. The Morgan fingerprint density at radius 2 is 1.57 bits per heavy atom. The van der Waals surface area contributed by atoms with E-state index in [-0.39, 0.29) is 23.1 Å². The van der Waals surface area contributed by atoms with Gasteiger partial charge in [-0.3, -0.25) is 14.9 Å². The van der Waals surface area contributed by atoms with Gasteiger partial charge in [0, 0.05) is 6.42 Å². The van der Waals surface area contributed by atoms with Gasteiger partial charge in [0.2, 0.25) is 5.91 Å². The number of carboxylic acids is 1. The molecule has 1 aliphatic carbocycles. The zero-order valence-corrected chi connectivity index (χ0v) is 24.0. The lowest BCUT2D eigenvalue weighted by molar-refractivity contribution is -0.161. The van der Waals surface area contributed by atoms with Gasteiger partial charge in [0.05, 0.1) is 29.2 Å². The number of rotatable bonds is 11. The molecule has 0 spiro atoms. The van der Waals surface area contributed by atoms with Crippen LogP contribution in [0.4, 0.5) is 17.6 Å². The lowest BCUT2D eigenvalue weighted by Gasteiger charge is -2.30. The Bertz CT molecular complexity index is 1600. The maximum Gasteiger partial charge on any atom is 0.407 e. The summed E-state index contributed by atoms with van der Waals surface area (Å²) in [5.74, 6) is -3.07. The van der Waals surface area contributed by atoms with Crippen molar-refractivity contribution in [2.24, 2.45) is 5.92 Å². The Morgan fingerprint density at radius 3 is 2.02 bits per heavy atom. The normalized spacial score (nSPS) is 15.8. The van der Waals surface area contributed by atoms with Crippen molar-refractivity contribution in [1.82, 2.24) is 10.6 Å². The fourth-order valence-electron chi connectivity index (χ4n) is 5.12. The number of halogens is 4. The van der Waals surface area contributed by atoms with Crippen molar-refractivity contribution in [3.63, 3.8) is 0 Å². The highest BCUT2D eigenvalue weighted by molar-refractivity contribution is 5.85. The molecule has 3 aromatic carbocycles. The second-order valence-corrected chi connectivity index (χ2v) is 11.3. The molecule has 3 aromatic rings. The molecule has 1 unspecified atom stereocenters. The quantitative estimate of drug-likeness (QED) is 0.232. The summed E-state index contributed by atoms with van der Waals surface area (Å²) >= 11 is 0. The molecule has 0 bridgehead atoms. The van der Waals surface area contributed by atoms with Crippen LogP contribution in [0.25, 0.3) is 11.1 Å². The second-order valence-electron chi connectivity index (χ2n) is 11.3. The summed E-state index contributed by atoms with van der Waals surface area (Å²) in [4.78, 5) is 24.7. The Kier molecular flexibility index (Phi) is 9.41. The van der Waals surface area contributed by atoms with Crippen LogP contribution in [0.2, 0.25) is 0 Å². The van der Waals surface area contributed by atoms with Gasteiger partial charge < -0.3 is 10.4 Å². The van der Waals surface area contributed by atoms with Crippen molar-refractivity contribution in [3.8, 4) is 23.3 Å². The van der Waals surface area contributed by atoms with E-state index in [0.29, 0.717) is 29.5 Å². The topological polar surface area (TPSA) is 126 Å². The van der Waals surface area contributed by atoms with E-state index in [9.17, 15) is 37.5 Å². The van der Waals surface area contributed by atoms with E-state index in [0.717, 1.165) is 6.07 Å². The van der Waals surface area contributed by atoms with Gasteiger partial charge in [-0.1, -0.05) is 68.4 Å². The first-order chi connectivity index (χ1) is 20.8. The molecular weight excluding hydrogens is 576 g/mol. The second kappa shape index (κ2) is 12.9. The third-order valence-corrected chi connectivity index (χ3v) is 7.88. The average Bonchev–Trinajstić information content (AvgIpc) is 3.80. The monoisotopic (exact) mass is 606 g/mol. The minimum Gasteiger partial charge on any atom is -0.481 e. The van der Waals surface area contributed by atoms with E-state index in [4.69, 9.17) is 5.26 Å². The van der Waals surface area contributed by atoms with Gasteiger partial charge >= 0.3 is 12.1 Å². The van der Waals surface area contributed by atoms with Gasteiger partial charge in [-0.15, -0.1) is 0 Å². The maximum absolute atomic E-state index is 14.4. The van der Waals surface area contributed by atoms with Gasteiger partial charge in [0.15, 0.2) is 0 Å². The number of amides is 1. The maximum atomic E-state index is 14.4. The first-order valence-corrected chi connectivity index (χ1v) is 13.9. The Morgan fingerprint density at radius 1 is 0.977 bits per heavy atom. The molecule has 11 heteroatoms. The van der Waals surface area contributed by atoms with Crippen molar-refractivity contribution in [2.45, 2.75) is 62.8 Å². The van der Waals surface area contributed by atoms with E-state index < -0.39 is 53.3 Å². The minimum atomic E-state index is -4.77. The molecule has 228 valence electrons. The lowest BCUT2D eigenvalue weighted by Crippen LogP contribution is -2.53. The van der Waals surface area contributed by atoms with Crippen LogP contribution in [0.3, 0.4) is 0 Å². The molecule has 1 aliphatic rings. The van der Waals surface area contributed by atoms with Crippen LogP contribution in [-0.4, -0.2) is 35.2 Å². The smallest absolute Gasteiger partial charge is 0.407 e. The molecule has 3 N–H and O–H groups in total. The molecule has 0 heterocycles. The minimum absolute atomic E-state index is 0.0711. The lowest BCUT2D eigenvalue weighted by atomic mass is 9.93. The number of nitrogens with zero attached hydrogens (tertiary/aromatic N) is 2. The molecule has 7 nitrogen and oxygen atoms in total. The van der Waals surface area contributed by atoms with Crippen molar-refractivity contribution in [2.75, 3.05) is 0 Å². The van der Waals surface area contributed by atoms with Crippen molar-refractivity contribution < 1.29 is 32.3 Å². The summed E-state index contributed by atoms with van der Waals surface area (Å²) < 4.78 is 57.3. The molecule has 44 heavy (non-hydrogen) atoms. The van der Waals surface area contributed by atoms with E-state index in [2.05, 4.69) is 10.6 Å². The summed E-state index contributed by atoms with van der Waals surface area (Å²) in [6.07, 6.45) is -3.89. The molecule has 1 saturated carbocycles. The number of hydrogen-bond donors (Lipinski definition) is 3. The zero-order valence-electron chi connectivity index (χ0n) is 24.0. The number of nitrogens with one attached hydrogen (secondary N) is 2. The van der Waals surface area contributed by atoms with Gasteiger partial charge in [0.25, 0.3) is 0 Å². The number of carbonyl (C=O) groups is 2. The molecule has 1 amide bonds. The largest absolute Gasteiger partial charge is 0.481 e. The van der Waals surface area contributed by atoms with Crippen LogP contribution in [0.1, 0.15) is 55.0 Å². The average molecular weight is 607 g/mol. The highest BCUT2D eigenvalue weighted by atomic mass is 19.4. The standard InChI is InChI=1S/C33H30F4N4O3/c1-19(2)28(30(42)40-26(18-39)16-24-4-3-20(17-38)15-27(24)34)41-29(33(35,36)37)23-7-5-21(6-8-23)22-9-11-25(12-10-22)32(13-14-32)31(43)44/h3-12,15,19,26,28-29,41H,13-14,16H2,1-2H3,(H,40,42)(H,43,44)/t26?,28-,29-/m0/s1. The van der Waals surface area contributed by atoms with Crippen molar-refractivity contribution >= 4 is 11.9 Å². The van der Waals surface area contributed by atoms with Crippen LogP contribution >= 0.6 is 0 Å².